The molecule has 0 radical (unpaired) electrons. The summed E-state index contributed by atoms with van der Waals surface area (Å²) >= 11 is 0. The monoisotopic (exact) mass is 686 g/mol. The van der Waals surface area contributed by atoms with Gasteiger partial charge in [0.25, 0.3) is 0 Å². The lowest BCUT2D eigenvalue weighted by Crippen LogP contribution is -2.11. The highest BCUT2D eigenvalue weighted by molar-refractivity contribution is 6.27. The third-order valence-corrected chi connectivity index (χ3v) is 11.1. The summed E-state index contributed by atoms with van der Waals surface area (Å²) in [6.07, 6.45) is 0. The number of aromatic nitrogens is 1. The average Bonchev–Trinajstić information content (AvgIpc) is 3.58. The maximum absolute atomic E-state index is 2.45. The molecule has 0 fully saturated rings. The van der Waals surface area contributed by atoms with Crippen LogP contribution in [0.2, 0.25) is 0 Å². The van der Waals surface area contributed by atoms with Crippen molar-refractivity contribution >= 4 is 71.2 Å². The molecule has 11 aromatic rings. The molecule has 11 rings (SSSR count). The van der Waals surface area contributed by atoms with E-state index in [1.807, 2.05) is 0 Å². The van der Waals surface area contributed by atoms with Gasteiger partial charge in [-0.2, -0.15) is 0 Å². The number of para-hydroxylation sites is 4. The molecule has 54 heavy (non-hydrogen) atoms. The van der Waals surface area contributed by atoms with Crippen molar-refractivity contribution in [2.24, 2.45) is 0 Å². The molecule has 2 nitrogen and oxygen atoms in total. The van der Waals surface area contributed by atoms with Gasteiger partial charge in [-0.1, -0.05) is 164 Å². The fourth-order valence-corrected chi connectivity index (χ4v) is 8.71. The molecule has 0 atom stereocenters. The van der Waals surface area contributed by atoms with Crippen molar-refractivity contribution in [3.63, 3.8) is 0 Å². The van der Waals surface area contributed by atoms with E-state index in [9.17, 15) is 0 Å². The van der Waals surface area contributed by atoms with E-state index in [-0.39, 0.29) is 0 Å². The largest absolute Gasteiger partial charge is 0.309 e. The van der Waals surface area contributed by atoms with Crippen molar-refractivity contribution in [2.45, 2.75) is 0 Å². The minimum atomic E-state index is 1.12. The Bertz CT molecular complexity index is 3090. The molecule has 0 aliphatic rings. The Kier molecular flexibility index (Phi) is 6.90. The molecule has 0 aliphatic carbocycles. The van der Waals surface area contributed by atoms with E-state index < -0.39 is 0 Å². The zero-order valence-corrected chi connectivity index (χ0v) is 29.5. The fraction of sp³-hybridized carbons (Fsp3) is 0. The second-order valence-corrected chi connectivity index (χ2v) is 14.1. The SMILES string of the molecule is c1ccc(-c2ccc(-c3ccccc3N(c3ccccc3)c3ccc4ccc5c(-n6c7ccccc7c7ccccc76)ccc6ccc3c4c65)cc2)cc1. The van der Waals surface area contributed by atoms with Gasteiger partial charge in [0.05, 0.1) is 28.1 Å². The first kappa shape index (κ1) is 30.5. The van der Waals surface area contributed by atoms with Gasteiger partial charge in [-0.25, -0.2) is 0 Å². The second-order valence-electron chi connectivity index (χ2n) is 14.1. The number of anilines is 3. The van der Waals surface area contributed by atoms with E-state index in [1.165, 1.54) is 82.1 Å². The first-order chi connectivity index (χ1) is 26.8. The van der Waals surface area contributed by atoms with E-state index in [1.54, 1.807) is 0 Å². The predicted molar refractivity (Wildman–Crippen MR) is 230 cm³/mol. The van der Waals surface area contributed by atoms with E-state index in [2.05, 4.69) is 216 Å². The summed E-state index contributed by atoms with van der Waals surface area (Å²) in [6, 6.07) is 75.2. The molecule has 0 spiro atoms. The molecule has 0 bridgehead atoms. The van der Waals surface area contributed by atoms with Crippen LogP contribution in [0, 0.1) is 0 Å². The van der Waals surface area contributed by atoms with E-state index >= 15 is 0 Å². The van der Waals surface area contributed by atoms with Crippen LogP contribution in [0.4, 0.5) is 17.1 Å². The Morgan fingerprint density at radius 3 is 1.56 bits per heavy atom. The van der Waals surface area contributed by atoms with Crippen molar-refractivity contribution < 1.29 is 0 Å². The second kappa shape index (κ2) is 12.2. The van der Waals surface area contributed by atoms with Gasteiger partial charge in [-0.05, 0) is 80.7 Å². The lowest BCUT2D eigenvalue weighted by molar-refractivity contribution is 1.20. The average molecular weight is 687 g/mol. The van der Waals surface area contributed by atoms with Crippen LogP contribution < -0.4 is 4.90 Å². The standard InChI is InChI=1S/C52H34N2/c1-3-13-35(14-4-1)36-23-25-37(26-24-36)41-17-7-10-20-46(41)53(40-15-5-2-6-16-40)49-33-29-38-28-32-45-50(34-30-39-27-31-44(49)51(38)52(39)45)54-47-21-11-8-18-42(47)43-19-9-12-22-48(43)54/h1-34H. The van der Waals surface area contributed by atoms with Crippen LogP contribution in [0.25, 0.3) is 82.1 Å². The van der Waals surface area contributed by atoms with Gasteiger partial charge in [0, 0.05) is 32.8 Å². The summed E-state index contributed by atoms with van der Waals surface area (Å²) in [5, 5.41) is 10.1. The molecule has 252 valence electrons. The van der Waals surface area contributed by atoms with Gasteiger partial charge in [0.15, 0.2) is 0 Å². The van der Waals surface area contributed by atoms with Crippen LogP contribution in [0.3, 0.4) is 0 Å². The normalized spacial score (nSPS) is 11.7. The van der Waals surface area contributed by atoms with Gasteiger partial charge >= 0.3 is 0 Å². The highest BCUT2D eigenvalue weighted by atomic mass is 15.1. The Morgan fingerprint density at radius 1 is 0.315 bits per heavy atom. The van der Waals surface area contributed by atoms with Crippen LogP contribution in [-0.4, -0.2) is 4.57 Å². The molecule has 1 aromatic heterocycles. The summed E-state index contributed by atoms with van der Waals surface area (Å²) in [6.45, 7) is 0. The molecule has 1 heterocycles. The summed E-state index contributed by atoms with van der Waals surface area (Å²) in [4.78, 5) is 2.44. The third-order valence-electron chi connectivity index (χ3n) is 11.1. The van der Waals surface area contributed by atoms with Crippen LogP contribution in [0.1, 0.15) is 0 Å². The minimum absolute atomic E-state index is 1.12. The molecular weight excluding hydrogens is 653 g/mol. The van der Waals surface area contributed by atoms with Crippen molar-refractivity contribution in [2.75, 3.05) is 4.90 Å². The molecular formula is C52H34N2. The Balaban J connectivity index is 1.14. The number of benzene rings is 10. The van der Waals surface area contributed by atoms with Gasteiger partial charge in [-0.3, -0.25) is 0 Å². The summed E-state index contributed by atoms with van der Waals surface area (Å²) in [7, 11) is 0. The van der Waals surface area contributed by atoms with Crippen molar-refractivity contribution in [1.29, 1.82) is 0 Å². The smallest absolute Gasteiger partial charge is 0.0541 e. The number of nitrogens with zero attached hydrogens (tertiary/aromatic N) is 2. The highest BCUT2D eigenvalue weighted by Gasteiger charge is 2.22. The molecule has 0 amide bonds. The van der Waals surface area contributed by atoms with Crippen molar-refractivity contribution in [3.8, 4) is 27.9 Å². The number of hydrogen-bond donors (Lipinski definition) is 0. The first-order valence-electron chi connectivity index (χ1n) is 18.6. The van der Waals surface area contributed by atoms with Crippen molar-refractivity contribution in [3.05, 3.63) is 206 Å². The first-order valence-corrected chi connectivity index (χ1v) is 18.6. The van der Waals surface area contributed by atoms with E-state index in [4.69, 9.17) is 0 Å². The lowest BCUT2D eigenvalue weighted by atomic mass is 9.91. The maximum Gasteiger partial charge on any atom is 0.0541 e. The van der Waals surface area contributed by atoms with Crippen LogP contribution in [0.15, 0.2) is 206 Å². The van der Waals surface area contributed by atoms with E-state index in [0.29, 0.717) is 0 Å². The van der Waals surface area contributed by atoms with Crippen LogP contribution in [-0.2, 0) is 0 Å². The Morgan fingerprint density at radius 2 is 0.833 bits per heavy atom. The molecule has 0 saturated carbocycles. The molecule has 0 aliphatic heterocycles. The third kappa shape index (κ3) is 4.67. The quantitative estimate of drug-likeness (QED) is 0.158. The topological polar surface area (TPSA) is 8.17 Å². The Hall–Kier alpha value is -7.16. The summed E-state index contributed by atoms with van der Waals surface area (Å²) in [5.74, 6) is 0. The summed E-state index contributed by atoms with van der Waals surface area (Å²) < 4.78 is 2.45. The predicted octanol–water partition coefficient (Wildman–Crippen LogP) is 14.5. The molecule has 0 saturated heterocycles. The number of fused-ring (bicyclic) bond motifs is 3. The van der Waals surface area contributed by atoms with Crippen LogP contribution >= 0.6 is 0 Å². The minimum Gasteiger partial charge on any atom is -0.309 e. The highest BCUT2D eigenvalue weighted by Crippen LogP contribution is 2.47. The van der Waals surface area contributed by atoms with E-state index in [0.717, 1.165) is 17.1 Å². The van der Waals surface area contributed by atoms with Crippen molar-refractivity contribution in [1.82, 2.24) is 4.57 Å². The molecule has 10 aromatic carbocycles. The maximum atomic E-state index is 2.45. The van der Waals surface area contributed by atoms with Gasteiger partial charge in [0.2, 0.25) is 0 Å². The van der Waals surface area contributed by atoms with Crippen LogP contribution in [0.5, 0.6) is 0 Å². The van der Waals surface area contributed by atoms with Gasteiger partial charge in [0.1, 0.15) is 0 Å². The zero-order valence-electron chi connectivity index (χ0n) is 29.5. The Labute approximate surface area is 313 Å². The van der Waals surface area contributed by atoms with Gasteiger partial charge < -0.3 is 9.47 Å². The zero-order chi connectivity index (χ0) is 35.6. The van der Waals surface area contributed by atoms with Gasteiger partial charge in [-0.15, -0.1) is 0 Å². The fourth-order valence-electron chi connectivity index (χ4n) is 8.71. The molecule has 2 heteroatoms. The lowest BCUT2D eigenvalue weighted by Gasteiger charge is -2.29. The molecule has 0 N–H and O–H groups in total. The number of rotatable bonds is 6. The summed E-state index contributed by atoms with van der Waals surface area (Å²) in [5.41, 5.74) is 11.8. The molecule has 0 unspecified atom stereocenters. The number of hydrogen-bond acceptors (Lipinski definition) is 1.